The minimum Gasteiger partial charge on any atom is -0.508 e. The molecule has 0 radical (unpaired) electrons. The van der Waals surface area contributed by atoms with Crippen LogP contribution >= 0.6 is 24.0 Å². The molecular weight excluding hydrogens is 477 g/mol. The Kier molecular flexibility index (Phi) is 9.86. The third kappa shape index (κ3) is 7.85. The van der Waals surface area contributed by atoms with Crippen molar-refractivity contribution in [2.45, 2.75) is 58.5 Å². The Morgan fingerprint density at radius 1 is 1.30 bits per heavy atom. The van der Waals surface area contributed by atoms with Crippen molar-refractivity contribution in [1.82, 2.24) is 10.6 Å². The Balaban J connectivity index is 0.00000364. The highest BCUT2D eigenvalue weighted by molar-refractivity contribution is 14.0. The number of hydrogen-bond acceptors (Lipinski definition) is 4. The van der Waals surface area contributed by atoms with E-state index in [1.807, 2.05) is 19.9 Å². The maximum atomic E-state index is 11.3. The standard InChI is InChI=1S/C19H31N3O3S.HI/c1-4-20-19(22-14(2)11-12-26(3,24)25)21-13-17-16-8-6-5-7-15(16)9-10-18(17)23;/h9-10,14,23H,4-8,11-13H2,1-3H3,(H2,20,21,22);1H. The number of rotatable bonds is 7. The lowest BCUT2D eigenvalue weighted by atomic mass is 9.88. The van der Waals surface area contributed by atoms with Gasteiger partial charge in [-0.1, -0.05) is 6.07 Å². The highest BCUT2D eigenvalue weighted by Gasteiger charge is 2.16. The number of phenolic OH excluding ortho intramolecular Hbond substituents is 1. The second-order valence-corrected chi connectivity index (χ2v) is 9.33. The van der Waals surface area contributed by atoms with Gasteiger partial charge in [0, 0.05) is 24.4 Å². The second-order valence-electron chi connectivity index (χ2n) is 7.07. The first kappa shape index (κ1) is 24.0. The van der Waals surface area contributed by atoms with Crippen LogP contribution in [0.25, 0.3) is 0 Å². The quantitative estimate of drug-likeness (QED) is 0.299. The maximum Gasteiger partial charge on any atom is 0.191 e. The van der Waals surface area contributed by atoms with E-state index in [9.17, 15) is 13.5 Å². The molecule has 0 spiro atoms. The summed E-state index contributed by atoms with van der Waals surface area (Å²) in [6.07, 6.45) is 6.17. The zero-order valence-corrected chi connectivity index (χ0v) is 19.6. The lowest BCUT2D eigenvalue weighted by Crippen LogP contribution is -2.42. The van der Waals surface area contributed by atoms with Crippen LogP contribution in [0.3, 0.4) is 0 Å². The molecule has 0 saturated carbocycles. The average molecular weight is 509 g/mol. The molecule has 1 aromatic carbocycles. The third-order valence-corrected chi connectivity index (χ3v) is 5.65. The van der Waals surface area contributed by atoms with E-state index < -0.39 is 9.84 Å². The fourth-order valence-electron chi connectivity index (χ4n) is 3.24. The smallest absolute Gasteiger partial charge is 0.191 e. The van der Waals surface area contributed by atoms with Gasteiger partial charge in [0.05, 0.1) is 12.3 Å². The molecule has 1 aliphatic rings. The first-order valence-electron chi connectivity index (χ1n) is 9.35. The maximum absolute atomic E-state index is 11.3. The number of guanidine groups is 1. The molecule has 1 aromatic rings. The van der Waals surface area contributed by atoms with Crippen LogP contribution < -0.4 is 10.6 Å². The van der Waals surface area contributed by atoms with E-state index in [4.69, 9.17) is 0 Å². The van der Waals surface area contributed by atoms with E-state index in [0.29, 0.717) is 31.2 Å². The van der Waals surface area contributed by atoms with Crippen LogP contribution in [0.2, 0.25) is 0 Å². The number of benzene rings is 1. The van der Waals surface area contributed by atoms with E-state index in [2.05, 4.69) is 15.6 Å². The summed E-state index contributed by atoms with van der Waals surface area (Å²) < 4.78 is 22.7. The van der Waals surface area contributed by atoms with Crippen LogP contribution in [0.4, 0.5) is 0 Å². The van der Waals surface area contributed by atoms with E-state index in [-0.39, 0.29) is 35.8 Å². The van der Waals surface area contributed by atoms with Crippen molar-refractivity contribution in [3.63, 3.8) is 0 Å². The molecule has 0 bridgehead atoms. The van der Waals surface area contributed by atoms with Crippen LogP contribution in [-0.2, 0) is 29.2 Å². The van der Waals surface area contributed by atoms with Gasteiger partial charge < -0.3 is 15.7 Å². The Hall–Kier alpha value is -1.03. The highest BCUT2D eigenvalue weighted by atomic mass is 127. The Morgan fingerprint density at radius 3 is 2.67 bits per heavy atom. The van der Waals surface area contributed by atoms with Gasteiger partial charge in [-0.15, -0.1) is 24.0 Å². The number of halogens is 1. The molecular formula is C19H32IN3O3S. The summed E-state index contributed by atoms with van der Waals surface area (Å²) in [5, 5.41) is 16.7. The number of aliphatic imine (C=N–C) groups is 1. The van der Waals surface area contributed by atoms with Crippen molar-refractivity contribution in [3.05, 3.63) is 28.8 Å². The summed E-state index contributed by atoms with van der Waals surface area (Å²) in [6.45, 7) is 5.05. The van der Waals surface area contributed by atoms with Gasteiger partial charge >= 0.3 is 0 Å². The number of aryl methyl sites for hydroxylation is 1. The fourth-order valence-corrected chi connectivity index (χ4v) is 4.02. The Labute approximate surface area is 180 Å². The first-order valence-corrected chi connectivity index (χ1v) is 11.4. The molecule has 0 aliphatic heterocycles. The number of phenols is 1. The van der Waals surface area contributed by atoms with Crippen LogP contribution in [0.1, 0.15) is 49.8 Å². The Morgan fingerprint density at radius 2 is 2.00 bits per heavy atom. The zero-order chi connectivity index (χ0) is 19.2. The van der Waals surface area contributed by atoms with E-state index in [1.165, 1.54) is 23.8 Å². The summed E-state index contributed by atoms with van der Waals surface area (Å²) in [6, 6.07) is 3.78. The fraction of sp³-hybridized carbons (Fsp3) is 0.632. The van der Waals surface area contributed by atoms with Crippen molar-refractivity contribution in [2.24, 2.45) is 4.99 Å². The lowest BCUT2D eigenvalue weighted by Gasteiger charge is -2.21. The van der Waals surface area contributed by atoms with Crippen LogP contribution in [0.5, 0.6) is 5.75 Å². The molecule has 0 aromatic heterocycles. The molecule has 6 nitrogen and oxygen atoms in total. The molecule has 0 saturated heterocycles. The molecule has 27 heavy (non-hydrogen) atoms. The van der Waals surface area contributed by atoms with Crippen molar-refractivity contribution >= 4 is 39.8 Å². The summed E-state index contributed by atoms with van der Waals surface area (Å²) in [7, 11) is -2.97. The van der Waals surface area contributed by atoms with Crippen molar-refractivity contribution in [2.75, 3.05) is 18.6 Å². The molecule has 0 heterocycles. The SMILES string of the molecule is CCNC(=NCc1c(O)ccc2c1CCCC2)NC(C)CCS(C)(=O)=O.I. The van der Waals surface area contributed by atoms with Gasteiger partial charge in [-0.25, -0.2) is 13.4 Å². The van der Waals surface area contributed by atoms with Crippen molar-refractivity contribution in [3.8, 4) is 5.75 Å². The number of aromatic hydroxyl groups is 1. The van der Waals surface area contributed by atoms with Crippen molar-refractivity contribution < 1.29 is 13.5 Å². The number of hydrogen-bond donors (Lipinski definition) is 3. The highest BCUT2D eigenvalue weighted by Crippen LogP contribution is 2.31. The summed E-state index contributed by atoms with van der Waals surface area (Å²) >= 11 is 0. The predicted molar refractivity (Wildman–Crippen MR) is 122 cm³/mol. The van der Waals surface area contributed by atoms with E-state index in [0.717, 1.165) is 24.8 Å². The largest absolute Gasteiger partial charge is 0.508 e. The van der Waals surface area contributed by atoms with Gasteiger partial charge in [0.25, 0.3) is 0 Å². The van der Waals surface area contributed by atoms with Gasteiger partial charge in [-0.3, -0.25) is 0 Å². The average Bonchev–Trinajstić information content (AvgIpc) is 2.58. The van der Waals surface area contributed by atoms with Crippen LogP contribution in [0, 0.1) is 0 Å². The predicted octanol–water partition coefficient (Wildman–Crippen LogP) is 2.77. The second kappa shape index (κ2) is 11.1. The summed E-state index contributed by atoms with van der Waals surface area (Å²) in [4.78, 5) is 4.62. The lowest BCUT2D eigenvalue weighted by molar-refractivity contribution is 0.465. The van der Waals surface area contributed by atoms with Gasteiger partial charge in [0.1, 0.15) is 15.6 Å². The molecule has 0 fully saturated rings. The van der Waals surface area contributed by atoms with Gasteiger partial charge in [0.2, 0.25) is 0 Å². The van der Waals surface area contributed by atoms with E-state index >= 15 is 0 Å². The topological polar surface area (TPSA) is 90.8 Å². The minimum absolute atomic E-state index is 0. The molecule has 8 heteroatoms. The van der Waals surface area contributed by atoms with E-state index in [1.54, 1.807) is 6.07 Å². The number of fused-ring (bicyclic) bond motifs is 1. The molecule has 1 unspecified atom stereocenters. The molecule has 3 N–H and O–H groups in total. The van der Waals surface area contributed by atoms with Gasteiger partial charge in [0.15, 0.2) is 5.96 Å². The number of sulfone groups is 1. The van der Waals surface area contributed by atoms with Crippen molar-refractivity contribution in [1.29, 1.82) is 0 Å². The van der Waals surface area contributed by atoms with Gasteiger partial charge in [-0.05, 0) is 63.1 Å². The van der Waals surface area contributed by atoms with Crippen LogP contribution in [-0.4, -0.2) is 44.1 Å². The zero-order valence-electron chi connectivity index (χ0n) is 16.4. The number of nitrogens with one attached hydrogen (secondary N) is 2. The molecule has 154 valence electrons. The minimum atomic E-state index is -2.97. The number of nitrogens with zero attached hydrogens (tertiary/aromatic N) is 1. The monoisotopic (exact) mass is 509 g/mol. The summed E-state index contributed by atoms with van der Waals surface area (Å²) in [5.74, 6) is 1.09. The van der Waals surface area contributed by atoms with Crippen LogP contribution in [0.15, 0.2) is 17.1 Å². The van der Waals surface area contributed by atoms with Gasteiger partial charge in [-0.2, -0.15) is 0 Å². The molecule has 2 rings (SSSR count). The molecule has 0 amide bonds. The summed E-state index contributed by atoms with van der Waals surface area (Å²) in [5.41, 5.74) is 3.46. The molecule has 1 atom stereocenters. The molecule has 1 aliphatic carbocycles. The first-order chi connectivity index (χ1) is 12.3. The Bertz CT molecular complexity index is 751. The third-order valence-electron chi connectivity index (χ3n) is 4.67. The normalized spacial score (nSPS) is 15.4.